The van der Waals surface area contributed by atoms with E-state index in [1.807, 2.05) is 23.2 Å². The molecule has 94 valence electrons. The molecule has 4 nitrogen and oxygen atoms in total. The zero-order valence-electron chi connectivity index (χ0n) is 9.57. The molecule has 2 fully saturated rings. The lowest BCUT2D eigenvalue weighted by Gasteiger charge is -2.14. The van der Waals surface area contributed by atoms with Gasteiger partial charge in [-0.1, -0.05) is 35.2 Å². The maximum absolute atomic E-state index is 6.21. The van der Waals surface area contributed by atoms with E-state index in [0.29, 0.717) is 14.8 Å². The van der Waals surface area contributed by atoms with E-state index >= 15 is 0 Å². The fourth-order valence-corrected chi connectivity index (χ4v) is 3.00. The van der Waals surface area contributed by atoms with Crippen LogP contribution in [-0.4, -0.2) is 30.7 Å². The fourth-order valence-electron chi connectivity index (χ4n) is 2.43. The van der Waals surface area contributed by atoms with Crippen molar-refractivity contribution in [3.8, 4) is 12.3 Å². The first-order valence-electron chi connectivity index (χ1n) is 5.63. The molecule has 0 spiro atoms. The van der Waals surface area contributed by atoms with Crippen LogP contribution in [0.3, 0.4) is 0 Å². The van der Waals surface area contributed by atoms with Gasteiger partial charge in [-0.25, -0.2) is 5.32 Å². The van der Waals surface area contributed by atoms with Crippen LogP contribution in [0.25, 0.3) is 0 Å². The SMILES string of the molecule is C#CCO[N+]12CCNC1N2c1c(Cl)cccc1Cl. The van der Waals surface area contributed by atoms with Crippen molar-refractivity contribution in [2.24, 2.45) is 0 Å². The molecule has 18 heavy (non-hydrogen) atoms. The van der Waals surface area contributed by atoms with Crippen molar-refractivity contribution in [2.75, 3.05) is 24.7 Å². The van der Waals surface area contributed by atoms with E-state index in [0.717, 1.165) is 18.8 Å². The van der Waals surface area contributed by atoms with E-state index in [-0.39, 0.29) is 12.9 Å². The Bertz CT molecular complexity index is 510. The van der Waals surface area contributed by atoms with Crippen LogP contribution >= 0.6 is 23.2 Å². The number of para-hydroxylation sites is 1. The number of fused-ring (bicyclic) bond motifs is 1. The Labute approximate surface area is 116 Å². The molecule has 2 aliphatic rings. The zero-order chi connectivity index (χ0) is 12.8. The van der Waals surface area contributed by atoms with Gasteiger partial charge in [-0.05, 0) is 16.9 Å². The lowest BCUT2D eigenvalue weighted by Crippen LogP contribution is -2.33. The molecule has 2 saturated heterocycles. The topological polar surface area (TPSA) is 24.3 Å². The number of quaternary nitrogens is 1. The fraction of sp³-hybridized carbons (Fsp3) is 0.333. The van der Waals surface area contributed by atoms with Gasteiger partial charge in [0.25, 0.3) is 0 Å². The number of benzene rings is 1. The first-order valence-corrected chi connectivity index (χ1v) is 6.39. The van der Waals surface area contributed by atoms with Gasteiger partial charge in [-0.3, -0.25) is 0 Å². The Morgan fingerprint density at radius 2 is 2.22 bits per heavy atom. The van der Waals surface area contributed by atoms with E-state index in [9.17, 15) is 0 Å². The smallest absolute Gasteiger partial charge is 0.235 e. The van der Waals surface area contributed by atoms with Crippen molar-refractivity contribution >= 4 is 28.9 Å². The minimum Gasteiger partial charge on any atom is -0.235 e. The number of hydrogen-bond acceptors (Lipinski definition) is 3. The van der Waals surface area contributed by atoms with E-state index in [1.165, 1.54) is 0 Å². The van der Waals surface area contributed by atoms with Crippen LogP contribution in [0.4, 0.5) is 5.69 Å². The molecule has 2 heterocycles. The van der Waals surface area contributed by atoms with Crippen molar-refractivity contribution in [2.45, 2.75) is 6.29 Å². The van der Waals surface area contributed by atoms with Crippen LogP contribution in [0.15, 0.2) is 18.2 Å². The molecule has 3 rings (SSSR count). The molecule has 1 aromatic carbocycles. The molecule has 1 aromatic rings. The second-order valence-corrected chi connectivity index (χ2v) is 5.01. The number of hydrogen-bond donors (Lipinski definition) is 1. The molecule has 2 atom stereocenters. The number of nitrogens with zero attached hydrogens (tertiary/aromatic N) is 2. The van der Waals surface area contributed by atoms with Gasteiger partial charge in [0.1, 0.15) is 5.69 Å². The Morgan fingerprint density at radius 1 is 1.50 bits per heavy atom. The van der Waals surface area contributed by atoms with Crippen LogP contribution in [0.5, 0.6) is 0 Å². The molecule has 2 unspecified atom stereocenters. The molecule has 0 aliphatic carbocycles. The average molecular weight is 285 g/mol. The van der Waals surface area contributed by atoms with Gasteiger partial charge in [-0.2, -0.15) is 4.84 Å². The molecular formula is C12H12Cl2N3O+. The molecule has 2 aliphatic heterocycles. The van der Waals surface area contributed by atoms with Crippen LogP contribution < -0.4 is 10.3 Å². The highest BCUT2D eigenvalue weighted by molar-refractivity contribution is 6.39. The third kappa shape index (κ3) is 1.60. The standard InChI is InChI=1S/C12H12Cl2N3O/c1-2-8-18-17-7-6-15-12(17)16(17)11-9(13)4-3-5-10(11)14/h1,3-5,12,15H,6-8H2/q+1. The van der Waals surface area contributed by atoms with E-state index in [1.54, 1.807) is 0 Å². The molecule has 6 heteroatoms. The van der Waals surface area contributed by atoms with Crippen molar-refractivity contribution in [1.29, 1.82) is 0 Å². The quantitative estimate of drug-likeness (QED) is 0.522. The van der Waals surface area contributed by atoms with Gasteiger partial charge in [0.05, 0.1) is 16.6 Å². The van der Waals surface area contributed by atoms with Crippen molar-refractivity contribution < 1.29 is 9.59 Å². The van der Waals surface area contributed by atoms with Gasteiger partial charge >= 0.3 is 6.29 Å². The summed E-state index contributed by atoms with van der Waals surface area (Å²) in [5.41, 5.74) is 0.787. The molecule has 0 aromatic heterocycles. The Kier molecular flexibility index (Phi) is 2.89. The average Bonchev–Trinajstić information content (AvgIpc) is 2.76. The Balaban J connectivity index is 1.93. The molecule has 0 saturated carbocycles. The summed E-state index contributed by atoms with van der Waals surface area (Å²) in [6.45, 7) is 1.96. The number of hydroxylamine groups is 2. The zero-order valence-corrected chi connectivity index (χ0v) is 11.1. The number of nitrogens with one attached hydrogen (secondary N) is 1. The number of anilines is 1. The van der Waals surface area contributed by atoms with Gasteiger partial charge in [0.15, 0.2) is 13.2 Å². The summed E-state index contributed by atoms with van der Waals surface area (Å²) in [6, 6.07) is 5.45. The molecule has 1 N–H and O–H groups in total. The van der Waals surface area contributed by atoms with Crippen LogP contribution in [0.1, 0.15) is 0 Å². The second-order valence-electron chi connectivity index (χ2n) is 4.20. The first-order chi connectivity index (χ1) is 8.70. The predicted octanol–water partition coefficient (Wildman–Crippen LogP) is 2.00. The third-order valence-corrected chi connectivity index (χ3v) is 3.83. The lowest BCUT2D eigenvalue weighted by molar-refractivity contribution is -1.01. The van der Waals surface area contributed by atoms with Crippen LogP contribution in [-0.2, 0) is 4.84 Å². The van der Waals surface area contributed by atoms with E-state index in [2.05, 4.69) is 11.2 Å². The minimum absolute atomic E-state index is 0.0516. The summed E-state index contributed by atoms with van der Waals surface area (Å²) in [4.78, 5) is 5.74. The highest BCUT2D eigenvalue weighted by Gasteiger charge is 2.73. The lowest BCUT2D eigenvalue weighted by atomic mass is 10.3. The highest BCUT2D eigenvalue weighted by atomic mass is 35.5. The number of halogens is 2. The molecular weight excluding hydrogens is 273 g/mol. The summed E-state index contributed by atoms with van der Waals surface area (Å²) in [7, 11) is 0. The summed E-state index contributed by atoms with van der Waals surface area (Å²) < 4.78 is 0.341. The maximum Gasteiger partial charge on any atom is 0.321 e. The van der Waals surface area contributed by atoms with Gasteiger partial charge < -0.3 is 0 Å². The van der Waals surface area contributed by atoms with E-state index < -0.39 is 0 Å². The second kappa shape index (κ2) is 4.30. The van der Waals surface area contributed by atoms with Gasteiger partial charge in [-0.15, -0.1) is 11.4 Å². The number of rotatable bonds is 3. The summed E-state index contributed by atoms with van der Waals surface area (Å²) in [5, 5.41) is 6.56. The Morgan fingerprint density at radius 3 is 2.89 bits per heavy atom. The number of terminal acetylenes is 1. The highest BCUT2D eigenvalue weighted by Crippen LogP contribution is 2.49. The first kappa shape index (κ1) is 12.1. The van der Waals surface area contributed by atoms with E-state index in [4.69, 9.17) is 34.5 Å². The van der Waals surface area contributed by atoms with Crippen molar-refractivity contribution in [3.63, 3.8) is 0 Å². The summed E-state index contributed by atoms with van der Waals surface area (Å²) in [6.07, 6.45) is 5.30. The van der Waals surface area contributed by atoms with Gasteiger partial charge in [0.2, 0.25) is 0 Å². The molecule has 0 bridgehead atoms. The summed E-state index contributed by atoms with van der Waals surface area (Å²) in [5.74, 6) is 2.49. The molecule has 0 radical (unpaired) electrons. The summed E-state index contributed by atoms with van der Waals surface area (Å²) >= 11 is 12.4. The van der Waals surface area contributed by atoms with Gasteiger partial charge in [0, 0.05) is 0 Å². The molecule has 0 amide bonds. The van der Waals surface area contributed by atoms with Crippen molar-refractivity contribution in [3.05, 3.63) is 28.2 Å². The maximum atomic E-state index is 6.21. The van der Waals surface area contributed by atoms with Crippen LogP contribution in [0, 0.1) is 12.3 Å². The normalized spacial score (nSPS) is 28.9. The monoisotopic (exact) mass is 284 g/mol. The largest absolute Gasteiger partial charge is 0.321 e. The van der Waals surface area contributed by atoms with Crippen molar-refractivity contribution in [1.82, 2.24) is 5.32 Å². The predicted molar refractivity (Wildman–Crippen MR) is 70.6 cm³/mol. The Hall–Kier alpha value is -0.960. The third-order valence-electron chi connectivity index (χ3n) is 3.22. The minimum atomic E-state index is 0.0516. The van der Waals surface area contributed by atoms with Crippen LogP contribution in [0.2, 0.25) is 10.0 Å².